The van der Waals surface area contributed by atoms with Gasteiger partial charge in [-0.2, -0.15) is 0 Å². The smallest absolute Gasteiger partial charge is 0.119 e. The zero-order valence-corrected chi connectivity index (χ0v) is 11.7. The van der Waals surface area contributed by atoms with E-state index in [1.54, 1.807) is 0 Å². The van der Waals surface area contributed by atoms with Crippen LogP contribution in [-0.4, -0.2) is 29.1 Å². The average molecular weight is 268 g/mol. The number of aromatic hydroxyl groups is 1. The van der Waals surface area contributed by atoms with Crippen molar-refractivity contribution in [2.24, 2.45) is 5.92 Å². The molecule has 3 heteroatoms. The van der Waals surface area contributed by atoms with Gasteiger partial charge in [0.1, 0.15) is 5.75 Å². The molecule has 0 spiro atoms. The molecule has 0 bridgehead atoms. The third-order valence-corrected chi connectivity index (χ3v) is 4.45. The van der Waals surface area contributed by atoms with Crippen molar-refractivity contribution in [2.45, 2.75) is 38.6 Å². The molecular formula is C15H22ClNO. The lowest BCUT2D eigenvalue weighted by Gasteiger charge is -2.33. The number of halogens is 1. The first kappa shape index (κ1) is 13.7. The largest absolute Gasteiger partial charge is 0.508 e. The fourth-order valence-electron chi connectivity index (χ4n) is 3.62. The van der Waals surface area contributed by atoms with Crippen LogP contribution in [0.15, 0.2) is 18.2 Å². The molecule has 18 heavy (non-hydrogen) atoms. The number of fused-ring (bicyclic) bond motifs is 2. The number of benzene rings is 1. The molecule has 1 N–H and O–H groups in total. The predicted molar refractivity (Wildman–Crippen MR) is 76.5 cm³/mol. The summed E-state index contributed by atoms with van der Waals surface area (Å²) < 4.78 is 0. The second kappa shape index (κ2) is 5.50. The van der Waals surface area contributed by atoms with E-state index in [1.807, 2.05) is 12.1 Å². The van der Waals surface area contributed by atoms with Crippen molar-refractivity contribution >= 4 is 12.4 Å². The van der Waals surface area contributed by atoms with Crippen molar-refractivity contribution in [2.75, 3.05) is 13.1 Å². The quantitative estimate of drug-likeness (QED) is 0.890. The fraction of sp³-hybridized carbons (Fsp3) is 0.600. The normalized spacial score (nSPS) is 26.3. The van der Waals surface area contributed by atoms with Crippen molar-refractivity contribution in [1.29, 1.82) is 0 Å². The second-order valence-electron chi connectivity index (χ2n) is 5.48. The molecule has 0 radical (unpaired) electrons. The van der Waals surface area contributed by atoms with E-state index in [0.29, 0.717) is 5.75 Å². The predicted octanol–water partition coefficient (Wildman–Crippen LogP) is 3.01. The van der Waals surface area contributed by atoms with Crippen molar-refractivity contribution in [3.8, 4) is 5.75 Å². The maximum atomic E-state index is 9.93. The van der Waals surface area contributed by atoms with Crippen LogP contribution in [0.2, 0.25) is 0 Å². The Morgan fingerprint density at radius 1 is 1.33 bits per heavy atom. The molecule has 3 rings (SSSR count). The molecule has 1 saturated heterocycles. The maximum absolute atomic E-state index is 9.93. The summed E-state index contributed by atoms with van der Waals surface area (Å²) in [6, 6.07) is 6.73. The minimum atomic E-state index is 0. The van der Waals surface area contributed by atoms with Crippen LogP contribution in [-0.2, 0) is 12.8 Å². The third kappa shape index (κ3) is 2.24. The Morgan fingerprint density at radius 2 is 2.17 bits per heavy atom. The van der Waals surface area contributed by atoms with Crippen molar-refractivity contribution in [1.82, 2.24) is 4.90 Å². The van der Waals surface area contributed by atoms with Crippen LogP contribution >= 0.6 is 12.4 Å². The van der Waals surface area contributed by atoms with Gasteiger partial charge in [0.15, 0.2) is 0 Å². The summed E-state index contributed by atoms with van der Waals surface area (Å²) in [7, 11) is 0. The number of phenolic OH excluding ortho intramolecular Hbond substituents is 1. The molecule has 1 aliphatic carbocycles. The summed E-state index contributed by atoms with van der Waals surface area (Å²) in [6.07, 6.45) is 4.76. The molecule has 1 aromatic carbocycles. The first-order valence-electron chi connectivity index (χ1n) is 6.83. The van der Waals surface area contributed by atoms with E-state index in [2.05, 4.69) is 17.9 Å². The van der Waals surface area contributed by atoms with Gasteiger partial charge >= 0.3 is 0 Å². The lowest BCUT2D eigenvalue weighted by Crippen LogP contribution is -2.38. The molecule has 2 nitrogen and oxygen atoms in total. The van der Waals surface area contributed by atoms with Gasteiger partial charge < -0.3 is 5.11 Å². The van der Waals surface area contributed by atoms with Gasteiger partial charge in [0.25, 0.3) is 0 Å². The number of hydrogen-bond acceptors (Lipinski definition) is 2. The minimum Gasteiger partial charge on any atom is -0.508 e. The van der Waals surface area contributed by atoms with Crippen molar-refractivity contribution in [3.63, 3.8) is 0 Å². The average Bonchev–Trinajstić information content (AvgIpc) is 2.71. The number of phenols is 1. The van der Waals surface area contributed by atoms with Crippen LogP contribution < -0.4 is 0 Å². The highest BCUT2D eigenvalue weighted by atomic mass is 35.5. The fourth-order valence-corrected chi connectivity index (χ4v) is 3.62. The summed E-state index contributed by atoms with van der Waals surface area (Å²) in [4.78, 5) is 2.65. The summed E-state index contributed by atoms with van der Waals surface area (Å²) in [6.45, 7) is 4.74. The standard InChI is InChI=1S/C15H21NO.ClH/c1-2-7-16-8-6-12-9-13-11(10-14(12)16)4-3-5-15(13)17;/h3-5,12,14,17H,2,6-10H2,1H3;1H/t12-,14+;/m0./s1. The topological polar surface area (TPSA) is 23.5 Å². The molecule has 1 aromatic rings. The molecule has 2 atom stereocenters. The van der Waals surface area contributed by atoms with Gasteiger partial charge in [-0.25, -0.2) is 0 Å². The third-order valence-electron chi connectivity index (χ3n) is 4.45. The van der Waals surface area contributed by atoms with Crippen LogP contribution in [0.25, 0.3) is 0 Å². The van der Waals surface area contributed by atoms with Gasteiger partial charge in [-0.05, 0) is 61.9 Å². The van der Waals surface area contributed by atoms with Gasteiger partial charge in [-0.1, -0.05) is 19.1 Å². The van der Waals surface area contributed by atoms with Crippen LogP contribution in [0, 0.1) is 5.92 Å². The van der Waals surface area contributed by atoms with Crippen molar-refractivity contribution in [3.05, 3.63) is 29.3 Å². The summed E-state index contributed by atoms with van der Waals surface area (Å²) in [5, 5.41) is 9.93. The van der Waals surface area contributed by atoms with Gasteiger partial charge in [0.05, 0.1) is 0 Å². The highest BCUT2D eigenvalue weighted by Gasteiger charge is 2.37. The van der Waals surface area contributed by atoms with E-state index in [-0.39, 0.29) is 12.4 Å². The highest BCUT2D eigenvalue weighted by molar-refractivity contribution is 5.85. The molecular weight excluding hydrogens is 246 g/mol. The number of likely N-dealkylation sites (tertiary alicyclic amines) is 1. The molecule has 0 amide bonds. The Kier molecular flexibility index (Phi) is 4.18. The Hall–Kier alpha value is -0.730. The molecule has 0 aromatic heterocycles. The van der Waals surface area contributed by atoms with Gasteiger partial charge in [0, 0.05) is 6.04 Å². The highest BCUT2D eigenvalue weighted by Crippen LogP contribution is 2.38. The van der Waals surface area contributed by atoms with E-state index < -0.39 is 0 Å². The Morgan fingerprint density at radius 3 is 2.94 bits per heavy atom. The first-order chi connectivity index (χ1) is 8.29. The van der Waals surface area contributed by atoms with E-state index in [1.165, 1.54) is 37.1 Å². The number of rotatable bonds is 2. The van der Waals surface area contributed by atoms with E-state index >= 15 is 0 Å². The van der Waals surface area contributed by atoms with Gasteiger partial charge in [-0.3, -0.25) is 4.90 Å². The molecule has 0 unspecified atom stereocenters. The van der Waals surface area contributed by atoms with Gasteiger partial charge in [0.2, 0.25) is 0 Å². The van der Waals surface area contributed by atoms with Crippen LogP contribution in [0.3, 0.4) is 0 Å². The number of nitrogens with zero attached hydrogens (tertiary/aromatic N) is 1. The minimum absolute atomic E-state index is 0. The summed E-state index contributed by atoms with van der Waals surface area (Å²) >= 11 is 0. The van der Waals surface area contributed by atoms with Crippen LogP contribution in [0.4, 0.5) is 0 Å². The lowest BCUT2D eigenvalue weighted by atomic mass is 9.80. The SMILES string of the molecule is CCCN1CC[C@H]2Cc3c(O)cccc3C[C@H]21.Cl. The Bertz CT molecular complexity index is 421. The van der Waals surface area contributed by atoms with Crippen molar-refractivity contribution < 1.29 is 5.11 Å². The number of hydrogen-bond donors (Lipinski definition) is 1. The van der Waals surface area contributed by atoms with Gasteiger partial charge in [-0.15, -0.1) is 12.4 Å². The zero-order chi connectivity index (χ0) is 11.8. The monoisotopic (exact) mass is 267 g/mol. The molecule has 1 fully saturated rings. The molecule has 1 heterocycles. The first-order valence-corrected chi connectivity index (χ1v) is 6.83. The Labute approximate surface area is 115 Å². The zero-order valence-electron chi connectivity index (χ0n) is 10.9. The van der Waals surface area contributed by atoms with E-state index in [4.69, 9.17) is 0 Å². The molecule has 2 aliphatic rings. The molecule has 0 saturated carbocycles. The Balaban J connectivity index is 0.00000120. The molecule has 1 aliphatic heterocycles. The van der Waals surface area contributed by atoms with Crippen LogP contribution in [0.1, 0.15) is 30.9 Å². The maximum Gasteiger partial charge on any atom is 0.119 e. The van der Waals surface area contributed by atoms with E-state index in [0.717, 1.165) is 24.8 Å². The van der Waals surface area contributed by atoms with Crippen LogP contribution in [0.5, 0.6) is 5.75 Å². The lowest BCUT2D eigenvalue weighted by molar-refractivity contribution is 0.215. The molecule has 100 valence electrons. The van der Waals surface area contributed by atoms with E-state index in [9.17, 15) is 5.11 Å². The summed E-state index contributed by atoms with van der Waals surface area (Å²) in [5.41, 5.74) is 2.58. The summed E-state index contributed by atoms with van der Waals surface area (Å²) in [5.74, 6) is 1.28. The second-order valence-corrected chi connectivity index (χ2v) is 5.48.